The van der Waals surface area contributed by atoms with Crippen LogP contribution >= 0.6 is 27.5 Å². The van der Waals surface area contributed by atoms with Gasteiger partial charge in [0.15, 0.2) is 0 Å². The van der Waals surface area contributed by atoms with Gasteiger partial charge in [-0.15, -0.1) is 0 Å². The fourth-order valence-corrected chi connectivity index (χ4v) is 3.28. The van der Waals surface area contributed by atoms with Crippen molar-refractivity contribution >= 4 is 45.2 Å². The molecule has 5 nitrogen and oxygen atoms in total. The number of amides is 2. The van der Waals surface area contributed by atoms with Gasteiger partial charge in [-0.3, -0.25) is 9.59 Å². The van der Waals surface area contributed by atoms with Gasteiger partial charge in [0.2, 0.25) is 5.91 Å². The van der Waals surface area contributed by atoms with Crippen LogP contribution in [0.15, 0.2) is 47.1 Å². The number of piperidine rings is 1. The third-order valence-electron chi connectivity index (χ3n) is 4.13. The van der Waals surface area contributed by atoms with E-state index >= 15 is 0 Å². The average molecular weight is 423 g/mol. The number of halogens is 2. The molecule has 1 aromatic heterocycles. The molecule has 1 N–H and O–H groups in total. The maximum absolute atomic E-state index is 12.6. The predicted octanol–water partition coefficient (Wildman–Crippen LogP) is 3.99. The van der Waals surface area contributed by atoms with Crippen LogP contribution in [0, 0.1) is 5.92 Å². The Morgan fingerprint density at radius 3 is 2.84 bits per heavy atom. The first kappa shape index (κ1) is 17.9. The lowest BCUT2D eigenvalue weighted by Crippen LogP contribution is -2.43. The van der Waals surface area contributed by atoms with Gasteiger partial charge in [0.1, 0.15) is 5.82 Å². The zero-order valence-electron chi connectivity index (χ0n) is 13.4. The van der Waals surface area contributed by atoms with Crippen molar-refractivity contribution in [2.75, 3.05) is 18.4 Å². The van der Waals surface area contributed by atoms with E-state index in [-0.39, 0.29) is 17.7 Å². The zero-order valence-corrected chi connectivity index (χ0v) is 15.8. The maximum atomic E-state index is 12.6. The predicted molar refractivity (Wildman–Crippen MR) is 101 cm³/mol. The first-order chi connectivity index (χ1) is 12.0. The van der Waals surface area contributed by atoms with Crippen molar-refractivity contribution in [3.05, 3.63) is 57.7 Å². The number of nitrogens with zero attached hydrogens (tertiary/aromatic N) is 2. The summed E-state index contributed by atoms with van der Waals surface area (Å²) >= 11 is 9.27. The summed E-state index contributed by atoms with van der Waals surface area (Å²) in [5.41, 5.74) is 0.545. The van der Waals surface area contributed by atoms with Gasteiger partial charge in [0.25, 0.3) is 5.91 Å². The Labute approximate surface area is 159 Å². The first-order valence-electron chi connectivity index (χ1n) is 8.00. The third-order valence-corrected chi connectivity index (χ3v) is 4.83. The van der Waals surface area contributed by atoms with Gasteiger partial charge in [-0.05, 0) is 59.1 Å². The molecule has 1 aliphatic rings. The van der Waals surface area contributed by atoms with E-state index in [9.17, 15) is 9.59 Å². The lowest BCUT2D eigenvalue weighted by Gasteiger charge is -2.32. The number of pyridine rings is 1. The second-order valence-electron chi connectivity index (χ2n) is 5.95. The van der Waals surface area contributed by atoms with Crippen molar-refractivity contribution in [3.63, 3.8) is 0 Å². The Morgan fingerprint density at radius 2 is 2.12 bits per heavy atom. The van der Waals surface area contributed by atoms with Crippen molar-refractivity contribution in [1.29, 1.82) is 0 Å². The molecule has 1 fully saturated rings. The number of nitrogens with one attached hydrogen (secondary N) is 1. The number of rotatable bonds is 3. The van der Waals surface area contributed by atoms with Crippen molar-refractivity contribution in [2.24, 2.45) is 5.92 Å². The minimum atomic E-state index is -0.248. The minimum Gasteiger partial charge on any atom is -0.338 e. The molecule has 0 saturated carbocycles. The molecule has 1 saturated heterocycles. The van der Waals surface area contributed by atoms with Crippen molar-refractivity contribution in [3.8, 4) is 0 Å². The highest BCUT2D eigenvalue weighted by atomic mass is 79.9. The van der Waals surface area contributed by atoms with Crippen LogP contribution in [0.1, 0.15) is 23.2 Å². The van der Waals surface area contributed by atoms with Crippen molar-refractivity contribution < 1.29 is 9.59 Å². The number of benzene rings is 1. The van der Waals surface area contributed by atoms with Crippen LogP contribution in [0.2, 0.25) is 5.02 Å². The topological polar surface area (TPSA) is 62.3 Å². The van der Waals surface area contributed by atoms with Crippen LogP contribution in [0.25, 0.3) is 0 Å². The van der Waals surface area contributed by atoms with Crippen LogP contribution in [0.4, 0.5) is 5.82 Å². The second kappa shape index (κ2) is 7.97. The Kier molecular flexibility index (Phi) is 5.71. The van der Waals surface area contributed by atoms with E-state index in [4.69, 9.17) is 11.6 Å². The second-order valence-corrected chi connectivity index (χ2v) is 7.30. The smallest absolute Gasteiger partial charge is 0.253 e. The number of likely N-dealkylation sites (tertiary alicyclic amines) is 1. The lowest BCUT2D eigenvalue weighted by atomic mass is 9.96. The van der Waals surface area contributed by atoms with E-state index in [1.54, 1.807) is 41.4 Å². The zero-order chi connectivity index (χ0) is 17.8. The Hall–Kier alpha value is -1.92. The highest BCUT2D eigenvalue weighted by molar-refractivity contribution is 9.10. The fourth-order valence-electron chi connectivity index (χ4n) is 2.86. The Bertz CT molecular complexity index is 782. The van der Waals surface area contributed by atoms with Gasteiger partial charge in [-0.1, -0.05) is 17.7 Å². The molecule has 7 heteroatoms. The molecule has 2 amide bonds. The van der Waals surface area contributed by atoms with E-state index in [2.05, 4.69) is 26.2 Å². The highest BCUT2D eigenvalue weighted by Gasteiger charge is 2.29. The third kappa shape index (κ3) is 4.58. The Balaban J connectivity index is 1.65. The van der Waals surface area contributed by atoms with Gasteiger partial charge in [0.05, 0.1) is 5.92 Å². The van der Waals surface area contributed by atoms with Crippen LogP contribution in [-0.4, -0.2) is 34.8 Å². The molecule has 0 radical (unpaired) electrons. The molecule has 1 aromatic carbocycles. The van der Waals surface area contributed by atoms with Gasteiger partial charge in [-0.2, -0.15) is 0 Å². The monoisotopic (exact) mass is 421 g/mol. The fraction of sp³-hybridized carbons (Fsp3) is 0.278. The number of carbonyl (C=O) groups excluding carboxylic acids is 2. The summed E-state index contributed by atoms with van der Waals surface area (Å²) < 4.78 is 0.849. The summed E-state index contributed by atoms with van der Waals surface area (Å²) in [6.45, 7) is 1.04. The number of hydrogen-bond donors (Lipinski definition) is 1. The molecule has 130 valence electrons. The summed E-state index contributed by atoms with van der Waals surface area (Å²) in [6, 6.07) is 10.4. The minimum absolute atomic E-state index is 0.0956. The summed E-state index contributed by atoms with van der Waals surface area (Å²) in [5, 5.41) is 3.34. The van der Waals surface area contributed by atoms with Crippen LogP contribution in [0.3, 0.4) is 0 Å². The van der Waals surface area contributed by atoms with E-state index in [0.717, 1.165) is 17.3 Å². The van der Waals surface area contributed by atoms with E-state index in [1.807, 2.05) is 6.07 Å². The molecule has 0 aliphatic carbocycles. The maximum Gasteiger partial charge on any atom is 0.253 e. The molecular weight excluding hydrogens is 406 g/mol. The normalized spacial score (nSPS) is 17.2. The quantitative estimate of drug-likeness (QED) is 0.813. The SMILES string of the molecule is O=C(Nc1ccc(Br)cn1)C1CCCN(C(=O)c2cccc(Cl)c2)C1. The number of aromatic nitrogens is 1. The number of anilines is 1. The largest absolute Gasteiger partial charge is 0.338 e. The Morgan fingerprint density at radius 1 is 1.28 bits per heavy atom. The highest BCUT2D eigenvalue weighted by Crippen LogP contribution is 2.21. The molecule has 1 unspecified atom stereocenters. The molecule has 1 aliphatic heterocycles. The summed E-state index contributed by atoms with van der Waals surface area (Å²) in [6.07, 6.45) is 3.17. The first-order valence-corrected chi connectivity index (χ1v) is 9.17. The van der Waals surface area contributed by atoms with Crippen LogP contribution in [-0.2, 0) is 4.79 Å². The van der Waals surface area contributed by atoms with E-state index < -0.39 is 0 Å². The van der Waals surface area contributed by atoms with Crippen LogP contribution < -0.4 is 5.32 Å². The van der Waals surface area contributed by atoms with Crippen molar-refractivity contribution in [1.82, 2.24) is 9.88 Å². The van der Waals surface area contributed by atoms with Crippen LogP contribution in [0.5, 0.6) is 0 Å². The lowest BCUT2D eigenvalue weighted by molar-refractivity contribution is -0.121. The van der Waals surface area contributed by atoms with Gasteiger partial charge >= 0.3 is 0 Å². The summed E-state index contributed by atoms with van der Waals surface area (Å²) in [5.74, 6) is 0.0500. The molecule has 0 bridgehead atoms. The van der Waals surface area contributed by atoms with E-state index in [0.29, 0.717) is 29.5 Å². The van der Waals surface area contributed by atoms with Gasteiger partial charge < -0.3 is 10.2 Å². The summed E-state index contributed by atoms with van der Waals surface area (Å²) in [7, 11) is 0. The molecule has 2 aromatic rings. The molecule has 25 heavy (non-hydrogen) atoms. The number of hydrogen-bond acceptors (Lipinski definition) is 3. The molecule has 1 atom stereocenters. The molecule has 2 heterocycles. The molecular formula is C18H17BrClN3O2. The average Bonchev–Trinajstić information content (AvgIpc) is 2.63. The molecule has 0 spiro atoms. The van der Waals surface area contributed by atoms with Crippen molar-refractivity contribution in [2.45, 2.75) is 12.8 Å². The van der Waals surface area contributed by atoms with Gasteiger partial charge in [-0.25, -0.2) is 4.98 Å². The summed E-state index contributed by atoms with van der Waals surface area (Å²) in [4.78, 5) is 31.0. The number of carbonyl (C=O) groups is 2. The van der Waals surface area contributed by atoms with Gasteiger partial charge in [0, 0.05) is 34.3 Å². The standard InChI is InChI=1S/C18H17BrClN3O2/c19-14-6-7-16(21-10-14)22-17(24)13-4-2-8-23(11-13)18(25)12-3-1-5-15(20)9-12/h1,3,5-7,9-10,13H,2,4,8,11H2,(H,21,22,24). The van der Waals surface area contributed by atoms with E-state index in [1.165, 1.54) is 0 Å². The molecule has 3 rings (SSSR count).